The van der Waals surface area contributed by atoms with E-state index in [9.17, 15) is 5.11 Å². The monoisotopic (exact) mass is 609 g/mol. The van der Waals surface area contributed by atoms with Crippen LogP contribution < -0.4 is 0 Å². The van der Waals surface area contributed by atoms with Crippen molar-refractivity contribution in [3.8, 4) is 0 Å². The average Bonchev–Trinajstić information content (AvgIpc) is 3.54. The van der Waals surface area contributed by atoms with E-state index < -0.39 is 5.79 Å². The molecule has 1 N–H and O–H groups in total. The first-order chi connectivity index (χ1) is 21.1. The zero-order chi connectivity index (χ0) is 30.3. The number of fused-ring (bicyclic) bond motifs is 5. The number of aliphatic hydroxyl groups excluding tert-OH is 1. The highest BCUT2D eigenvalue weighted by Gasteiger charge is 2.57. The molecule has 44 heavy (non-hydrogen) atoms. The SMILES string of the molecule is Cc1nc2cc(/C=C/c3ccc(C4CC5(C)C(O)CCC5C5CCC6CC7(CCC6=C45)OCC(C)(C)CO7)cc3)ccc2s1. The molecule has 5 aliphatic rings. The number of aromatic nitrogens is 1. The number of rotatable bonds is 3. The number of benzene rings is 2. The standard InChI is InChI=1S/C39H47NO3S/c1-24-40-33-19-26(9-15-34(33)44-24)6-5-25-7-10-27(11-8-25)31-21-38(4)32(14-16-35(38)41)30-13-12-28-20-39(18-17-29(28)36(30)31)42-22-37(2,3)23-43-39/h5-11,15,19,28,30-32,35,41H,12-14,16-18,20-23H2,1-4H3/b6-5+. The number of nitrogens with zero attached hydrogens (tertiary/aromatic N) is 1. The largest absolute Gasteiger partial charge is 0.393 e. The first-order valence-electron chi connectivity index (χ1n) is 17.0. The molecule has 4 fully saturated rings. The quantitative estimate of drug-likeness (QED) is 0.238. The van der Waals surface area contributed by atoms with Crippen LogP contribution in [0, 0.1) is 35.5 Å². The minimum absolute atomic E-state index is 0.00540. The molecule has 0 amide bonds. The van der Waals surface area contributed by atoms with Crippen LogP contribution in [-0.4, -0.2) is 35.2 Å². The first kappa shape index (κ1) is 29.1. The highest BCUT2D eigenvalue weighted by Crippen LogP contribution is 2.65. The van der Waals surface area contributed by atoms with Crippen molar-refractivity contribution in [3.63, 3.8) is 0 Å². The smallest absolute Gasteiger partial charge is 0.169 e. The molecule has 1 aliphatic heterocycles. The lowest BCUT2D eigenvalue weighted by atomic mass is 9.52. The number of allylic oxidation sites excluding steroid dienone is 2. The second kappa shape index (κ2) is 10.6. The summed E-state index contributed by atoms with van der Waals surface area (Å²) >= 11 is 1.75. The van der Waals surface area contributed by atoms with Crippen LogP contribution in [0.4, 0.5) is 0 Å². The maximum Gasteiger partial charge on any atom is 0.169 e. The summed E-state index contributed by atoms with van der Waals surface area (Å²) in [5, 5.41) is 12.4. The molecule has 8 rings (SSSR count). The third-order valence-corrected chi connectivity index (χ3v) is 13.0. The van der Waals surface area contributed by atoms with Gasteiger partial charge in [0.25, 0.3) is 0 Å². The predicted molar refractivity (Wildman–Crippen MR) is 179 cm³/mol. The summed E-state index contributed by atoms with van der Waals surface area (Å²) < 4.78 is 14.3. The van der Waals surface area contributed by atoms with E-state index >= 15 is 0 Å². The summed E-state index contributed by atoms with van der Waals surface area (Å²) in [5.74, 6) is 1.72. The number of thiazole rings is 1. The van der Waals surface area contributed by atoms with Crippen LogP contribution >= 0.6 is 11.3 Å². The zero-order valence-electron chi connectivity index (χ0n) is 26.8. The van der Waals surface area contributed by atoms with Crippen molar-refractivity contribution in [1.82, 2.24) is 4.98 Å². The Hall–Kier alpha value is -2.31. The van der Waals surface area contributed by atoms with Crippen molar-refractivity contribution < 1.29 is 14.6 Å². The molecular weight excluding hydrogens is 563 g/mol. The number of ether oxygens (including phenoxy) is 2. The van der Waals surface area contributed by atoms with Crippen molar-refractivity contribution in [2.24, 2.45) is 28.6 Å². The Balaban J connectivity index is 1.09. The Morgan fingerprint density at radius 2 is 1.66 bits per heavy atom. The van der Waals surface area contributed by atoms with Gasteiger partial charge in [-0.25, -0.2) is 4.98 Å². The van der Waals surface area contributed by atoms with E-state index in [4.69, 9.17) is 9.47 Å². The topological polar surface area (TPSA) is 51.6 Å². The van der Waals surface area contributed by atoms with Crippen molar-refractivity contribution in [2.75, 3.05) is 13.2 Å². The van der Waals surface area contributed by atoms with Gasteiger partial charge in [-0.15, -0.1) is 11.3 Å². The molecule has 5 heteroatoms. The van der Waals surface area contributed by atoms with Crippen molar-refractivity contribution in [3.05, 3.63) is 75.3 Å². The van der Waals surface area contributed by atoms with Gasteiger partial charge in [-0.2, -0.15) is 0 Å². The van der Waals surface area contributed by atoms with Gasteiger partial charge in [-0.3, -0.25) is 0 Å². The highest BCUT2D eigenvalue weighted by atomic mass is 32.1. The summed E-state index contributed by atoms with van der Waals surface area (Å²) in [4.78, 5) is 4.67. The molecule has 2 heterocycles. The van der Waals surface area contributed by atoms with E-state index in [1.54, 1.807) is 22.5 Å². The van der Waals surface area contributed by atoms with Gasteiger partial charge in [0, 0.05) is 24.2 Å². The highest BCUT2D eigenvalue weighted by molar-refractivity contribution is 7.18. The maximum absolute atomic E-state index is 11.3. The fourth-order valence-electron chi connectivity index (χ4n) is 9.69. The minimum atomic E-state index is -0.393. The van der Waals surface area contributed by atoms with E-state index in [1.807, 2.05) is 0 Å². The van der Waals surface area contributed by atoms with Crippen molar-refractivity contribution in [2.45, 2.75) is 96.9 Å². The average molecular weight is 610 g/mol. The summed E-state index contributed by atoms with van der Waals surface area (Å²) in [5.41, 5.74) is 8.44. The van der Waals surface area contributed by atoms with Crippen LogP contribution in [0.15, 0.2) is 53.6 Å². The Kier molecular flexibility index (Phi) is 7.03. The molecule has 2 aromatic carbocycles. The van der Waals surface area contributed by atoms with E-state index in [0.29, 0.717) is 23.7 Å². The molecule has 4 aliphatic carbocycles. The molecule has 4 nitrogen and oxygen atoms in total. The summed E-state index contributed by atoms with van der Waals surface area (Å²) in [6.07, 6.45) is 12.9. The molecular formula is C39H47NO3S. The van der Waals surface area contributed by atoms with Gasteiger partial charge in [0.15, 0.2) is 5.79 Å². The van der Waals surface area contributed by atoms with Crippen LogP contribution in [-0.2, 0) is 9.47 Å². The first-order valence-corrected chi connectivity index (χ1v) is 17.8. The Labute approximate surface area is 266 Å². The molecule has 0 radical (unpaired) electrons. The molecule has 6 atom stereocenters. The van der Waals surface area contributed by atoms with Gasteiger partial charge in [-0.05, 0) is 97.4 Å². The van der Waals surface area contributed by atoms with Gasteiger partial charge in [0.1, 0.15) is 0 Å². The Morgan fingerprint density at radius 1 is 0.909 bits per heavy atom. The minimum Gasteiger partial charge on any atom is -0.393 e. The second-order valence-electron chi connectivity index (χ2n) is 15.6. The normalized spacial score (nSPS) is 34.3. The molecule has 1 aromatic heterocycles. The number of hydrogen-bond donors (Lipinski definition) is 1. The zero-order valence-corrected chi connectivity index (χ0v) is 27.6. The lowest BCUT2D eigenvalue weighted by molar-refractivity contribution is -0.312. The number of aryl methyl sites for hydroxylation is 1. The molecule has 6 unspecified atom stereocenters. The number of hydrogen-bond acceptors (Lipinski definition) is 5. The van der Waals surface area contributed by atoms with E-state index in [1.165, 1.54) is 34.2 Å². The van der Waals surface area contributed by atoms with E-state index in [0.717, 1.165) is 62.3 Å². The molecule has 232 valence electrons. The lowest BCUT2D eigenvalue weighted by Crippen LogP contribution is -2.52. The van der Waals surface area contributed by atoms with Gasteiger partial charge < -0.3 is 14.6 Å². The van der Waals surface area contributed by atoms with Gasteiger partial charge in [0.05, 0.1) is 34.5 Å². The van der Waals surface area contributed by atoms with Crippen LogP contribution in [0.2, 0.25) is 0 Å². The third kappa shape index (κ3) is 4.94. The third-order valence-electron chi connectivity index (χ3n) is 12.1. The van der Waals surface area contributed by atoms with Crippen LogP contribution in [0.25, 0.3) is 22.4 Å². The summed E-state index contributed by atoms with van der Waals surface area (Å²) in [6.45, 7) is 10.5. The fourth-order valence-corrected chi connectivity index (χ4v) is 10.5. The maximum atomic E-state index is 11.3. The molecule has 3 aromatic rings. The van der Waals surface area contributed by atoms with E-state index in [-0.39, 0.29) is 16.9 Å². The van der Waals surface area contributed by atoms with Crippen LogP contribution in [0.3, 0.4) is 0 Å². The number of aliphatic hydroxyl groups is 1. The lowest BCUT2D eigenvalue weighted by Gasteiger charge is -2.55. The van der Waals surface area contributed by atoms with Crippen molar-refractivity contribution in [1.29, 1.82) is 0 Å². The van der Waals surface area contributed by atoms with Gasteiger partial charge >= 0.3 is 0 Å². The molecule has 1 saturated heterocycles. The summed E-state index contributed by atoms with van der Waals surface area (Å²) in [7, 11) is 0. The molecule has 0 bridgehead atoms. The van der Waals surface area contributed by atoms with E-state index in [2.05, 4.69) is 87.3 Å². The Bertz CT molecular complexity index is 1620. The van der Waals surface area contributed by atoms with Gasteiger partial charge in [0.2, 0.25) is 0 Å². The van der Waals surface area contributed by atoms with Crippen molar-refractivity contribution >= 4 is 33.7 Å². The second-order valence-corrected chi connectivity index (χ2v) is 16.9. The fraction of sp³-hybridized carbons (Fsp3) is 0.564. The van der Waals surface area contributed by atoms with Crippen LogP contribution in [0.1, 0.15) is 99.8 Å². The predicted octanol–water partition coefficient (Wildman–Crippen LogP) is 9.32. The summed E-state index contributed by atoms with van der Waals surface area (Å²) in [6, 6.07) is 15.9. The molecule has 1 spiro atoms. The molecule has 3 saturated carbocycles. The van der Waals surface area contributed by atoms with Gasteiger partial charge in [-0.1, -0.05) is 74.4 Å². The van der Waals surface area contributed by atoms with Crippen LogP contribution in [0.5, 0.6) is 0 Å². The Morgan fingerprint density at radius 3 is 2.45 bits per heavy atom.